The largest absolute Gasteiger partial charge is 0.322 e. The number of rotatable bonds is 4. The Morgan fingerprint density at radius 2 is 1.76 bits per heavy atom. The molecule has 0 saturated heterocycles. The SMILES string of the molecule is CCc1nn(-c2ccccc2)c2c1CN(C(=O)Nc1ccc(F)c(Cl)c1)[C@H](c1ccccc1)c1cccn1-2. The van der Waals surface area contributed by atoms with Gasteiger partial charge in [-0.15, -0.1) is 0 Å². The van der Waals surface area contributed by atoms with E-state index in [0.717, 1.165) is 34.0 Å². The average Bonchev–Trinajstić information content (AvgIpc) is 3.53. The fourth-order valence-corrected chi connectivity index (χ4v) is 5.28. The summed E-state index contributed by atoms with van der Waals surface area (Å²) in [6.07, 6.45) is 2.73. The maximum atomic E-state index is 14.0. The summed E-state index contributed by atoms with van der Waals surface area (Å²) >= 11 is 6.00. The van der Waals surface area contributed by atoms with Crippen LogP contribution in [0.15, 0.2) is 97.2 Å². The molecule has 0 saturated carbocycles. The molecule has 6 rings (SSSR count). The molecule has 0 unspecified atom stereocenters. The molecule has 3 heterocycles. The lowest BCUT2D eigenvalue weighted by molar-refractivity contribution is 0.194. The number of urea groups is 1. The topological polar surface area (TPSA) is 55.1 Å². The molecule has 0 fully saturated rings. The Kier molecular flexibility index (Phi) is 6.21. The van der Waals surface area contributed by atoms with Gasteiger partial charge in [0.1, 0.15) is 11.6 Å². The normalized spacial score (nSPS) is 14.5. The van der Waals surface area contributed by atoms with Crippen LogP contribution in [-0.2, 0) is 13.0 Å². The number of aryl methyl sites for hydroxylation is 1. The molecule has 5 aromatic rings. The second-order valence-electron chi connectivity index (χ2n) is 9.15. The first-order valence-electron chi connectivity index (χ1n) is 12.5. The molecule has 0 bridgehead atoms. The second kappa shape index (κ2) is 9.84. The standard InChI is InChI=1S/C30H25ClFN5O/c1-2-26-23-19-36(30(38)33-21-15-16-25(32)24(31)18-21)28(20-10-5-3-6-11-20)27-14-9-17-35(27)29(23)37(34-26)22-12-7-4-8-13-22/h3-18,28H,2,19H2,1H3,(H,33,38)/t28-/m1/s1. The van der Waals surface area contributed by atoms with Gasteiger partial charge in [-0.25, -0.2) is 13.9 Å². The van der Waals surface area contributed by atoms with Crippen LogP contribution < -0.4 is 5.32 Å². The molecule has 1 aliphatic rings. The minimum absolute atomic E-state index is 0.0492. The number of amides is 2. The number of carbonyl (C=O) groups is 1. The average molecular weight is 526 g/mol. The van der Waals surface area contributed by atoms with Gasteiger partial charge in [0.25, 0.3) is 0 Å². The molecule has 3 aromatic carbocycles. The molecular weight excluding hydrogens is 501 g/mol. The maximum Gasteiger partial charge on any atom is 0.322 e. The summed E-state index contributed by atoms with van der Waals surface area (Å²) in [6, 6.07) is 27.5. The Hall–Kier alpha value is -4.36. The van der Waals surface area contributed by atoms with E-state index in [1.165, 1.54) is 18.2 Å². The van der Waals surface area contributed by atoms with Gasteiger partial charge >= 0.3 is 6.03 Å². The summed E-state index contributed by atoms with van der Waals surface area (Å²) in [5.41, 5.74) is 5.16. The lowest BCUT2D eigenvalue weighted by atomic mass is 10.0. The van der Waals surface area contributed by atoms with E-state index >= 15 is 0 Å². The van der Waals surface area contributed by atoms with E-state index in [2.05, 4.69) is 16.8 Å². The number of hydrogen-bond acceptors (Lipinski definition) is 2. The van der Waals surface area contributed by atoms with Crippen molar-refractivity contribution in [2.75, 3.05) is 5.32 Å². The highest BCUT2D eigenvalue weighted by Crippen LogP contribution is 2.39. The van der Waals surface area contributed by atoms with Gasteiger partial charge in [0.15, 0.2) is 0 Å². The van der Waals surface area contributed by atoms with Crippen LogP contribution in [0.5, 0.6) is 0 Å². The molecule has 0 radical (unpaired) electrons. The fourth-order valence-electron chi connectivity index (χ4n) is 5.10. The van der Waals surface area contributed by atoms with Crippen LogP contribution in [0.4, 0.5) is 14.9 Å². The van der Waals surface area contributed by atoms with E-state index in [-0.39, 0.29) is 17.1 Å². The van der Waals surface area contributed by atoms with E-state index < -0.39 is 5.82 Å². The number of nitrogens with zero attached hydrogens (tertiary/aromatic N) is 4. The molecular formula is C30H25ClFN5O. The highest BCUT2D eigenvalue weighted by atomic mass is 35.5. The van der Waals surface area contributed by atoms with Crippen molar-refractivity contribution in [1.29, 1.82) is 0 Å². The fraction of sp³-hybridized carbons (Fsp3) is 0.133. The van der Waals surface area contributed by atoms with Crippen molar-refractivity contribution in [2.45, 2.75) is 25.9 Å². The van der Waals surface area contributed by atoms with Crippen LogP contribution in [-0.4, -0.2) is 25.3 Å². The van der Waals surface area contributed by atoms with Gasteiger partial charge in [-0.3, -0.25) is 0 Å². The maximum absolute atomic E-state index is 14.0. The van der Waals surface area contributed by atoms with Crippen LogP contribution >= 0.6 is 11.6 Å². The number of para-hydroxylation sites is 1. The van der Waals surface area contributed by atoms with E-state index in [0.29, 0.717) is 18.7 Å². The lowest BCUT2D eigenvalue weighted by Crippen LogP contribution is -2.38. The summed E-state index contributed by atoms with van der Waals surface area (Å²) in [5.74, 6) is 0.374. The Bertz CT molecular complexity index is 1610. The van der Waals surface area contributed by atoms with Crippen molar-refractivity contribution >= 4 is 23.3 Å². The van der Waals surface area contributed by atoms with Crippen LogP contribution in [0, 0.1) is 5.82 Å². The third-order valence-corrected chi connectivity index (χ3v) is 7.14. The van der Waals surface area contributed by atoms with Gasteiger partial charge in [-0.1, -0.05) is 67.1 Å². The van der Waals surface area contributed by atoms with Crippen molar-refractivity contribution in [3.63, 3.8) is 0 Å². The van der Waals surface area contributed by atoms with Crippen molar-refractivity contribution < 1.29 is 9.18 Å². The highest BCUT2D eigenvalue weighted by molar-refractivity contribution is 6.31. The zero-order valence-electron chi connectivity index (χ0n) is 20.7. The number of fused-ring (bicyclic) bond motifs is 3. The predicted octanol–water partition coefficient (Wildman–Crippen LogP) is 7.16. The second-order valence-corrected chi connectivity index (χ2v) is 9.56. The Morgan fingerprint density at radius 1 is 1.03 bits per heavy atom. The molecule has 8 heteroatoms. The zero-order valence-corrected chi connectivity index (χ0v) is 21.4. The van der Waals surface area contributed by atoms with Crippen molar-refractivity contribution in [3.8, 4) is 11.5 Å². The number of halogens is 2. The summed E-state index contributed by atoms with van der Waals surface area (Å²) in [4.78, 5) is 15.8. The Labute approximate surface area is 224 Å². The Morgan fingerprint density at radius 3 is 2.47 bits per heavy atom. The molecule has 1 aliphatic heterocycles. The molecule has 2 amide bonds. The molecule has 0 aliphatic carbocycles. The van der Waals surface area contributed by atoms with Gasteiger partial charge in [0.05, 0.1) is 34.7 Å². The van der Waals surface area contributed by atoms with Crippen molar-refractivity contribution in [2.24, 2.45) is 0 Å². The van der Waals surface area contributed by atoms with E-state index in [1.54, 1.807) is 4.90 Å². The van der Waals surface area contributed by atoms with Crippen LogP contribution in [0.25, 0.3) is 11.5 Å². The number of anilines is 1. The number of aromatic nitrogens is 3. The first-order chi connectivity index (χ1) is 18.5. The van der Waals surface area contributed by atoms with E-state index in [1.807, 2.05) is 83.7 Å². The van der Waals surface area contributed by atoms with E-state index in [4.69, 9.17) is 16.7 Å². The molecule has 2 aromatic heterocycles. The molecule has 38 heavy (non-hydrogen) atoms. The third kappa shape index (κ3) is 4.15. The van der Waals surface area contributed by atoms with Crippen LogP contribution in [0.3, 0.4) is 0 Å². The molecule has 0 spiro atoms. The van der Waals surface area contributed by atoms with Crippen molar-refractivity contribution in [3.05, 3.63) is 131 Å². The molecule has 1 atom stereocenters. The molecule has 6 nitrogen and oxygen atoms in total. The van der Waals surface area contributed by atoms with Gasteiger partial charge < -0.3 is 14.8 Å². The number of carbonyl (C=O) groups excluding carboxylic acids is 1. The smallest absolute Gasteiger partial charge is 0.308 e. The first-order valence-corrected chi connectivity index (χ1v) is 12.8. The highest BCUT2D eigenvalue weighted by Gasteiger charge is 2.36. The third-order valence-electron chi connectivity index (χ3n) is 6.85. The minimum Gasteiger partial charge on any atom is -0.308 e. The predicted molar refractivity (Wildman–Crippen MR) is 147 cm³/mol. The van der Waals surface area contributed by atoms with Gasteiger partial charge in [0, 0.05) is 17.4 Å². The summed E-state index contributed by atoms with van der Waals surface area (Å²) in [5, 5.41) is 7.86. The van der Waals surface area contributed by atoms with Crippen LogP contribution in [0.2, 0.25) is 5.02 Å². The lowest BCUT2D eigenvalue weighted by Gasteiger charge is -2.31. The van der Waals surface area contributed by atoms with Crippen molar-refractivity contribution in [1.82, 2.24) is 19.2 Å². The van der Waals surface area contributed by atoms with Crippen LogP contribution in [0.1, 0.15) is 35.5 Å². The monoisotopic (exact) mass is 525 g/mol. The summed E-state index contributed by atoms with van der Waals surface area (Å²) < 4.78 is 17.9. The zero-order chi connectivity index (χ0) is 26.2. The van der Waals surface area contributed by atoms with Gasteiger partial charge in [-0.2, -0.15) is 5.10 Å². The summed E-state index contributed by atoms with van der Waals surface area (Å²) in [7, 11) is 0. The number of benzene rings is 3. The number of hydrogen-bond donors (Lipinski definition) is 1. The number of nitrogens with one attached hydrogen (secondary N) is 1. The van der Waals surface area contributed by atoms with Gasteiger partial charge in [0.2, 0.25) is 0 Å². The first kappa shape index (κ1) is 24.0. The quantitative estimate of drug-likeness (QED) is 0.271. The van der Waals surface area contributed by atoms with E-state index in [9.17, 15) is 9.18 Å². The van der Waals surface area contributed by atoms with Gasteiger partial charge in [-0.05, 0) is 54.4 Å². The molecule has 1 N–H and O–H groups in total. The Balaban J connectivity index is 1.53. The minimum atomic E-state index is -0.537. The molecule has 190 valence electrons. The summed E-state index contributed by atoms with van der Waals surface area (Å²) in [6.45, 7) is 2.40.